The van der Waals surface area contributed by atoms with Crippen LogP contribution in [-0.4, -0.2) is 25.4 Å². The Morgan fingerprint density at radius 2 is 1.79 bits per heavy atom. The Kier molecular flexibility index (Phi) is 6.97. The molecular formula is C25H33BO3. The summed E-state index contributed by atoms with van der Waals surface area (Å²) in [6.07, 6.45) is 4.87. The predicted octanol–water partition coefficient (Wildman–Crippen LogP) is 5.07. The number of ether oxygens (including phenoxy) is 1. The molecule has 0 aromatic heterocycles. The molecule has 0 aliphatic carbocycles. The maximum absolute atomic E-state index is 11.7. The number of carbonyl (C=O) groups is 1. The number of benzene rings is 2. The van der Waals surface area contributed by atoms with Crippen molar-refractivity contribution in [2.75, 3.05) is 6.61 Å². The Bertz CT molecular complexity index is 798. The van der Waals surface area contributed by atoms with Gasteiger partial charge >= 0.3 is 6.92 Å². The first-order chi connectivity index (χ1) is 13.8. The fourth-order valence-corrected chi connectivity index (χ4v) is 4.06. The molecule has 0 saturated carbocycles. The van der Waals surface area contributed by atoms with Crippen LogP contribution in [0.1, 0.15) is 62.0 Å². The third-order valence-electron chi connectivity index (χ3n) is 6.54. The van der Waals surface area contributed by atoms with Crippen LogP contribution in [0.2, 0.25) is 6.32 Å². The average molecular weight is 392 g/mol. The van der Waals surface area contributed by atoms with Gasteiger partial charge in [-0.2, -0.15) is 0 Å². The van der Waals surface area contributed by atoms with E-state index in [4.69, 9.17) is 9.39 Å². The molecule has 1 aliphatic heterocycles. The van der Waals surface area contributed by atoms with Crippen molar-refractivity contribution in [2.24, 2.45) is 5.41 Å². The lowest BCUT2D eigenvalue weighted by atomic mass is 9.52. The highest BCUT2D eigenvalue weighted by molar-refractivity contribution is 6.70. The van der Waals surface area contributed by atoms with Gasteiger partial charge in [0.05, 0.1) is 12.2 Å². The van der Waals surface area contributed by atoms with Crippen molar-refractivity contribution >= 4 is 18.7 Å². The van der Waals surface area contributed by atoms with Gasteiger partial charge in [-0.3, -0.25) is 4.79 Å². The summed E-state index contributed by atoms with van der Waals surface area (Å²) in [6, 6.07) is 16.3. The summed E-state index contributed by atoms with van der Waals surface area (Å²) in [6.45, 7) is 10.2. The second-order valence-electron chi connectivity index (χ2n) is 9.24. The fourth-order valence-electron chi connectivity index (χ4n) is 4.06. The summed E-state index contributed by atoms with van der Waals surface area (Å²) >= 11 is 0. The molecule has 3 rings (SSSR count). The molecule has 0 unspecified atom stereocenters. The number of hydrogen-bond acceptors (Lipinski definition) is 3. The minimum Gasteiger partial charge on any atom is -0.425 e. The van der Waals surface area contributed by atoms with Gasteiger partial charge in [-0.25, -0.2) is 0 Å². The van der Waals surface area contributed by atoms with Crippen LogP contribution in [0, 0.1) is 5.41 Å². The maximum atomic E-state index is 11.7. The lowest BCUT2D eigenvalue weighted by Crippen LogP contribution is -2.38. The normalized spacial score (nSPS) is 17.4. The topological polar surface area (TPSA) is 35.5 Å². The Balaban J connectivity index is 1.59. The van der Waals surface area contributed by atoms with Crippen LogP contribution in [0.15, 0.2) is 48.5 Å². The Morgan fingerprint density at radius 1 is 1.03 bits per heavy atom. The van der Waals surface area contributed by atoms with Gasteiger partial charge in [0.2, 0.25) is 0 Å². The SMILES string of the molecule is CC1(C)CB(c2c(C=O)cccc2CCCCOCc2ccccc2)OC1(C)C. The van der Waals surface area contributed by atoms with Crippen LogP contribution in [0.4, 0.5) is 0 Å². The zero-order valence-electron chi connectivity index (χ0n) is 18.2. The van der Waals surface area contributed by atoms with E-state index >= 15 is 0 Å². The number of rotatable bonds is 9. The molecule has 2 aromatic carbocycles. The van der Waals surface area contributed by atoms with Gasteiger partial charge in [0.15, 0.2) is 0 Å². The van der Waals surface area contributed by atoms with E-state index in [1.807, 2.05) is 30.3 Å². The molecule has 1 aliphatic rings. The molecule has 2 aromatic rings. The molecule has 0 bridgehead atoms. The van der Waals surface area contributed by atoms with E-state index in [1.165, 1.54) is 11.1 Å². The van der Waals surface area contributed by atoms with Crippen LogP contribution < -0.4 is 5.46 Å². The molecule has 0 radical (unpaired) electrons. The zero-order chi connectivity index (χ0) is 20.9. The van der Waals surface area contributed by atoms with Crippen LogP contribution in [0.3, 0.4) is 0 Å². The van der Waals surface area contributed by atoms with Crippen molar-refractivity contribution < 1.29 is 14.2 Å². The lowest BCUT2D eigenvalue weighted by molar-refractivity contribution is 0.0375. The van der Waals surface area contributed by atoms with Crippen LogP contribution in [-0.2, 0) is 22.4 Å². The minimum atomic E-state index is -0.212. The van der Waals surface area contributed by atoms with E-state index in [2.05, 4.69) is 45.9 Å². The highest BCUT2D eigenvalue weighted by atomic mass is 16.5. The summed E-state index contributed by atoms with van der Waals surface area (Å²) in [5.74, 6) is 0. The molecular weight excluding hydrogens is 359 g/mol. The standard InChI is InChI=1S/C25H33BO3/c1-24(2)19-26(29-25(24,3)4)23-21(14-10-15-22(23)17-27)13-8-9-16-28-18-20-11-6-5-7-12-20/h5-7,10-12,14-15,17H,8-9,13,16,18-19H2,1-4H3. The van der Waals surface area contributed by atoms with Gasteiger partial charge < -0.3 is 9.39 Å². The van der Waals surface area contributed by atoms with Crippen LogP contribution in [0.25, 0.3) is 0 Å². The maximum Gasteiger partial charge on any atom is 0.328 e. The summed E-state index contributed by atoms with van der Waals surface area (Å²) in [4.78, 5) is 11.7. The van der Waals surface area contributed by atoms with Gasteiger partial charge in [0.25, 0.3) is 0 Å². The monoisotopic (exact) mass is 392 g/mol. The molecule has 3 nitrogen and oxygen atoms in total. The lowest BCUT2D eigenvalue weighted by Gasteiger charge is -2.34. The number of hydrogen-bond donors (Lipinski definition) is 0. The van der Waals surface area contributed by atoms with E-state index in [1.54, 1.807) is 0 Å². The van der Waals surface area contributed by atoms with E-state index in [0.29, 0.717) is 6.61 Å². The van der Waals surface area contributed by atoms with Gasteiger partial charge in [0, 0.05) is 12.2 Å². The molecule has 1 heterocycles. The third-order valence-corrected chi connectivity index (χ3v) is 6.54. The van der Waals surface area contributed by atoms with Crippen LogP contribution >= 0.6 is 0 Å². The predicted molar refractivity (Wildman–Crippen MR) is 120 cm³/mol. The summed E-state index contributed by atoms with van der Waals surface area (Å²) in [5.41, 5.74) is 4.15. The summed E-state index contributed by atoms with van der Waals surface area (Å²) < 4.78 is 12.2. The van der Waals surface area contributed by atoms with E-state index in [9.17, 15) is 4.79 Å². The molecule has 1 fully saturated rings. The number of unbranched alkanes of at least 4 members (excludes halogenated alkanes) is 1. The molecule has 4 heteroatoms. The van der Waals surface area contributed by atoms with Gasteiger partial charge in [-0.05, 0) is 55.9 Å². The first-order valence-electron chi connectivity index (χ1n) is 10.7. The second kappa shape index (κ2) is 9.27. The Labute approximate surface area is 175 Å². The first kappa shape index (κ1) is 21.8. The van der Waals surface area contributed by atoms with Gasteiger partial charge in [-0.15, -0.1) is 0 Å². The second-order valence-corrected chi connectivity index (χ2v) is 9.24. The van der Waals surface area contributed by atoms with Crippen LogP contribution in [0.5, 0.6) is 0 Å². The fraction of sp³-hybridized carbons (Fsp3) is 0.480. The molecule has 29 heavy (non-hydrogen) atoms. The number of aldehydes is 1. The summed E-state index contributed by atoms with van der Waals surface area (Å²) in [5, 5.41) is 0. The minimum absolute atomic E-state index is 0.0225. The van der Waals surface area contributed by atoms with Crippen molar-refractivity contribution in [1.82, 2.24) is 0 Å². The highest BCUT2D eigenvalue weighted by Gasteiger charge is 2.50. The average Bonchev–Trinajstić information content (AvgIpc) is 2.92. The number of carbonyl (C=O) groups excluding carboxylic acids is 1. The summed E-state index contributed by atoms with van der Waals surface area (Å²) in [7, 11) is 0. The van der Waals surface area contributed by atoms with Crippen molar-refractivity contribution in [2.45, 2.75) is 65.5 Å². The molecule has 154 valence electrons. The van der Waals surface area contributed by atoms with E-state index in [-0.39, 0.29) is 17.9 Å². The van der Waals surface area contributed by atoms with E-state index < -0.39 is 0 Å². The smallest absolute Gasteiger partial charge is 0.328 e. The first-order valence-corrected chi connectivity index (χ1v) is 10.7. The van der Waals surface area contributed by atoms with E-state index in [0.717, 1.165) is 49.5 Å². The molecule has 0 amide bonds. The third kappa shape index (κ3) is 5.18. The molecule has 0 N–H and O–H groups in total. The van der Waals surface area contributed by atoms with Crippen molar-refractivity contribution in [3.63, 3.8) is 0 Å². The Hall–Kier alpha value is -1.91. The largest absolute Gasteiger partial charge is 0.425 e. The molecule has 0 atom stereocenters. The number of aryl methyl sites for hydroxylation is 1. The van der Waals surface area contributed by atoms with Crippen molar-refractivity contribution in [3.05, 3.63) is 65.2 Å². The quantitative estimate of drug-likeness (QED) is 0.340. The van der Waals surface area contributed by atoms with Crippen molar-refractivity contribution in [1.29, 1.82) is 0 Å². The zero-order valence-corrected chi connectivity index (χ0v) is 18.2. The molecule has 1 saturated heterocycles. The Morgan fingerprint density at radius 3 is 2.45 bits per heavy atom. The highest BCUT2D eigenvalue weighted by Crippen LogP contribution is 2.45. The van der Waals surface area contributed by atoms with Crippen molar-refractivity contribution in [3.8, 4) is 0 Å². The van der Waals surface area contributed by atoms with Gasteiger partial charge in [0.1, 0.15) is 6.29 Å². The molecule has 0 spiro atoms. The van der Waals surface area contributed by atoms with Gasteiger partial charge in [-0.1, -0.05) is 67.9 Å².